The molecule has 1 saturated carbocycles. The van der Waals surface area contributed by atoms with E-state index in [9.17, 15) is 4.79 Å². The van der Waals surface area contributed by atoms with Crippen LogP contribution in [0.2, 0.25) is 0 Å². The van der Waals surface area contributed by atoms with E-state index in [0.29, 0.717) is 0 Å². The second-order valence-corrected chi connectivity index (χ2v) is 3.33. The molecule has 1 rings (SSSR count). The maximum atomic E-state index is 11.0. The lowest BCUT2D eigenvalue weighted by molar-refractivity contribution is -0.116. The number of rotatable bonds is 1. The molecule has 1 aliphatic rings. The first-order valence-electron chi connectivity index (χ1n) is 6.74. The highest BCUT2D eigenvalue weighted by atomic mass is 16.1. The van der Waals surface area contributed by atoms with Crippen molar-refractivity contribution in [2.24, 2.45) is 0 Å². The van der Waals surface area contributed by atoms with E-state index in [1.807, 2.05) is 27.7 Å². The lowest BCUT2D eigenvalue weighted by Gasteiger charge is -2.00. The van der Waals surface area contributed by atoms with Gasteiger partial charge in [0.2, 0.25) is 5.91 Å². The van der Waals surface area contributed by atoms with Crippen LogP contribution < -0.4 is 5.32 Å². The zero-order chi connectivity index (χ0) is 12.8. The summed E-state index contributed by atoms with van der Waals surface area (Å²) in [6.07, 6.45) is 9.16. The van der Waals surface area contributed by atoms with Gasteiger partial charge in [0.1, 0.15) is 0 Å². The number of carbonyl (C=O) groups is 1. The van der Waals surface area contributed by atoms with Crippen molar-refractivity contribution in [1.29, 1.82) is 0 Å². The first kappa shape index (κ1) is 30.9. The molecule has 0 aromatic carbocycles. The van der Waals surface area contributed by atoms with E-state index in [0.717, 1.165) is 12.8 Å². The Morgan fingerprint density at radius 1 is 0.895 bits per heavy atom. The van der Waals surface area contributed by atoms with Crippen LogP contribution in [-0.2, 0) is 4.79 Å². The molecule has 0 atom stereocenters. The Morgan fingerprint density at radius 2 is 1.26 bits per heavy atom. The molecule has 120 valence electrons. The third-order valence-corrected chi connectivity index (χ3v) is 2.33. The number of nitrogens with one attached hydrogen (secondary N) is 1. The minimum absolute atomic E-state index is 0. The molecule has 0 bridgehead atoms. The number of carbonyl (C=O) groups excluding carboxylic acids is 1. The Bertz CT molecular complexity index is 176. The van der Waals surface area contributed by atoms with Crippen molar-refractivity contribution in [3.05, 3.63) is 11.6 Å². The van der Waals surface area contributed by atoms with Crippen molar-refractivity contribution in [3.8, 4) is 0 Å². The fourth-order valence-electron chi connectivity index (χ4n) is 1.58. The monoisotopic (exact) mass is 275 g/mol. The first-order chi connectivity index (χ1) is 7.83. The van der Waals surface area contributed by atoms with Crippen molar-refractivity contribution in [1.82, 2.24) is 5.32 Å². The largest absolute Gasteiger partial charge is 0.356 e. The maximum absolute atomic E-state index is 11.0. The van der Waals surface area contributed by atoms with Gasteiger partial charge in [0, 0.05) is 13.1 Å². The van der Waals surface area contributed by atoms with Gasteiger partial charge in [0.15, 0.2) is 0 Å². The summed E-state index contributed by atoms with van der Waals surface area (Å²) >= 11 is 0. The fraction of sp³-hybridized carbons (Fsp3) is 0.824. The van der Waals surface area contributed by atoms with Crippen LogP contribution >= 0.6 is 0 Å². The lowest BCUT2D eigenvalue weighted by Crippen LogP contribution is -2.15. The smallest absolute Gasteiger partial charge is 0.243 e. The van der Waals surface area contributed by atoms with Crippen LogP contribution in [0.5, 0.6) is 0 Å². The number of hydrogen-bond acceptors (Lipinski definition) is 1. The van der Waals surface area contributed by atoms with Crippen molar-refractivity contribution in [2.45, 2.75) is 88.5 Å². The van der Waals surface area contributed by atoms with E-state index in [1.165, 1.54) is 31.3 Å². The molecule has 1 amide bonds. The standard InChI is InChI=1S/C10H17NO.2C2H6.3CH4/c1-11-10(12)8-9-6-4-2-3-5-7-9;2*1-2;;;/h8H,2-7H2,1H3,(H,11,12);2*1-2H3;3*1H4. The highest BCUT2D eigenvalue weighted by Crippen LogP contribution is 2.21. The van der Waals surface area contributed by atoms with Crippen LogP contribution in [0.3, 0.4) is 0 Å². The fourth-order valence-corrected chi connectivity index (χ4v) is 1.58. The Morgan fingerprint density at radius 3 is 1.58 bits per heavy atom. The molecule has 19 heavy (non-hydrogen) atoms. The molecule has 0 aromatic rings. The second kappa shape index (κ2) is 25.9. The van der Waals surface area contributed by atoms with Crippen LogP contribution in [0, 0.1) is 0 Å². The lowest BCUT2D eigenvalue weighted by atomic mass is 10.1. The maximum Gasteiger partial charge on any atom is 0.243 e. The average Bonchev–Trinajstić information content (AvgIpc) is 2.62. The Labute approximate surface area is 124 Å². The van der Waals surface area contributed by atoms with E-state index in [2.05, 4.69) is 5.32 Å². The quantitative estimate of drug-likeness (QED) is 0.463. The molecular formula is C17H41NO. The van der Waals surface area contributed by atoms with Crippen LogP contribution in [0.25, 0.3) is 0 Å². The van der Waals surface area contributed by atoms with E-state index in [4.69, 9.17) is 0 Å². The van der Waals surface area contributed by atoms with Gasteiger partial charge in [-0.2, -0.15) is 0 Å². The molecule has 1 aliphatic carbocycles. The normalized spacial score (nSPS) is 12.2. The summed E-state index contributed by atoms with van der Waals surface area (Å²) in [6, 6.07) is 0. The summed E-state index contributed by atoms with van der Waals surface area (Å²) in [6.45, 7) is 8.00. The van der Waals surface area contributed by atoms with Crippen LogP contribution in [0.4, 0.5) is 0 Å². The molecule has 0 unspecified atom stereocenters. The molecule has 0 heterocycles. The highest BCUT2D eigenvalue weighted by Gasteiger charge is 2.05. The first-order valence-corrected chi connectivity index (χ1v) is 6.74. The van der Waals surface area contributed by atoms with Gasteiger partial charge in [0.25, 0.3) is 0 Å². The van der Waals surface area contributed by atoms with E-state index < -0.39 is 0 Å². The molecule has 2 heteroatoms. The molecule has 0 aromatic heterocycles. The van der Waals surface area contributed by atoms with Crippen molar-refractivity contribution in [2.75, 3.05) is 7.05 Å². The van der Waals surface area contributed by atoms with Crippen molar-refractivity contribution in [3.63, 3.8) is 0 Å². The summed E-state index contributed by atoms with van der Waals surface area (Å²) in [5.41, 5.74) is 1.33. The van der Waals surface area contributed by atoms with E-state index >= 15 is 0 Å². The van der Waals surface area contributed by atoms with Gasteiger partial charge in [-0.3, -0.25) is 4.79 Å². The van der Waals surface area contributed by atoms with Crippen LogP contribution in [0.1, 0.15) is 88.5 Å². The van der Waals surface area contributed by atoms with Gasteiger partial charge in [-0.25, -0.2) is 0 Å². The van der Waals surface area contributed by atoms with E-state index in [-0.39, 0.29) is 28.2 Å². The van der Waals surface area contributed by atoms with Crippen LogP contribution in [-0.4, -0.2) is 13.0 Å². The third kappa shape index (κ3) is 19.7. The summed E-state index contributed by atoms with van der Waals surface area (Å²) < 4.78 is 0. The van der Waals surface area contributed by atoms with Gasteiger partial charge in [-0.1, -0.05) is 68.4 Å². The zero-order valence-corrected chi connectivity index (χ0v) is 11.7. The number of amides is 1. The zero-order valence-electron chi connectivity index (χ0n) is 11.7. The van der Waals surface area contributed by atoms with Gasteiger partial charge in [-0.15, -0.1) is 0 Å². The molecule has 1 fully saturated rings. The minimum atomic E-state index is 0. The molecule has 0 aliphatic heterocycles. The molecule has 0 saturated heterocycles. The number of likely N-dealkylation sites (N-methyl/N-ethyl adjacent to an activating group) is 1. The Balaban J connectivity index is -0.0000000855. The molecule has 2 nitrogen and oxygen atoms in total. The van der Waals surface area contributed by atoms with Gasteiger partial charge in [-0.05, 0) is 25.7 Å². The molecular weight excluding hydrogens is 234 g/mol. The van der Waals surface area contributed by atoms with Gasteiger partial charge in [0.05, 0.1) is 0 Å². The molecule has 0 spiro atoms. The predicted octanol–water partition coefficient (Wildman–Crippen LogP) is 5.97. The minimum Gasteiger partial charge on any atom is -0.356 e. The topological polar surface area (TPSA) is 29.1 Å². The van der Waals surface area contributed by atoms with Crippen molar-refractivity contribution >= 4 is 5.91 Å². The average molecular weight is 276 g/mol. The predicted molar refractivity (Wildman–Crippen MR) is 92.7 cm³/mol. The second-order valence-electron chi connectivity index (χ2n) is 3.33. The number of allylic oxidation sites excluding steroid dienone is 1. The van der Waals surface area contributed by atoms with Gasteiger partial charge < -0.3 is 5.32 Å². The summed E-state index contributed by atoms with van der Waals surface area (Å²) in [4.78, 5) is 11.0. The van der Waals surface area contributed by atoms with E-state index in [1.54, 1.807) is 13.1 Å². The Hall–Kier alpha value is -0.790. The number of hydrogen-bond donors (Lipinski definition) is 1. The SMILES string of the molecule is C.C.C.CC.CC.CNC(=O)C=C1CCCCCC1. The summed E-state index contributed by atoms with van der Waals surface area (Å²) in [5, 5.41) is 2.62. The Kier molecular flexibility index (Phi) is 42.2. The summed E-state index contributed by atoms with van der Waals surface area (Å²) in [7, 11) is 1.68. The van der Waals surface area contributed by atoms with Gasteiger partial charge >= 0.3 is 0 Å². The van der Waals surface area contributed by atoms with Crippen molar-refractivity contribution < 1.29 is 4.79 Å². The van der Waals surface area contributed by atoms with Crippen LogP contribution in [0.15, 0.2) is 11.6 Å². The third-order valence-electron chi connectivity index (χ3n) is 2.33. The molecule has 0 radical (unpaired) electrons. The molecule has 1 N–H and O–H groups in total. The highest BCUT2D eigenvalue weighted by molar-refractivity contribution is 5.87. The summed E-state index contributed by atoms with van der Waals surface area (Å²) in [5.74, 6) is 0.0481.